The predicted octanol–water partition coefficient (Wildman–Crippen LogP) is 3.28. The first kappa shape index (κ1) is 18.1. The van der Waals surface area contributed by atoms with Gasteiger partial charge >= 0.3 is 0 Å². The molecule has 136 valence electrons. The Morgan fingerprint density at radius 3 is 2.58 bits per heavy atom. The molecule has 0 saturated carbocycles. The number of amides is 1. The van der Waals surface area contributed by atoms with E-state index in [1.165, 1.54) is 28.3 Å². The predicted molar refractivity (Wildman–Crippen MR) is 102 cm³/mol. The average molecular weight is 371 g/mol. The van der Waals surface area contributed by atoms with Crippen molar-refractivity contribution in [2.45, 2.75) is 31.3 Å². The number of aromatic nitrogens is 3. The van der Waals surface area contributed by atoms with Crippen molar-refractivity contribution < 1.29 is 9.21 Å². The number of furan rings is 1. The summed E-state index contributed by atoms with van der Waals surface area (Å²) in [5.74, 6) is 6.94. The van der Waals surface area contributed by atoms with Crippen LogP contribution in [0.1, 0.15) is 26.3 Å². The first-order valence-corrected chi connectivity index (χ1v) is 9.11. The maximum atomic E-state index is 12.2. The molecule has 0 aliphatic rings. The van der Waals surface area contributed by atoms with E-state index in [0.29, 0.717) is 16.7 Å². The van der Waals surface area contributed by atoms with Crippen LogP contribution in [-0.4, -0.2) is 26.5 Å². The molecule has 0 unspecified atom stereocenters. The third-order valence-corrected chi connectivity index (χ3v) is 4.72. The van der Waals surface area contributed by atoms with Gasteiger partial charge in [-0.05, 0) is 35.2 Å². The lowest BCUT2D eigenvalue weighted by atomic mass is 9.87. The van der Waals surface area contributed by atoms with E-state index < -0.39 is 0 Å². The molecule has 8 heteroatoms. The van der Waals surface area contributed by atoms with Crippen LogP contribution in [-0.2, 0) is 10.2 Å². The molecule has 7 nitrogen and oxygen atoms in total. The van der Waals surface area contributed by atoms with E-state index in [1.54, 1.807) is 12.1 Å². The van der Waals surface area contributed by atoms with Crippen LogP contribution in [0.4, 0.5) is 5.69 Å². The smallest absolute Gasteiger partial charge is 0.234 e. The van der Waals surface area contributed by atoms with Gasteiger partial charge in [0.05, 0.1) is 12.0 Å². The van der Waals surface area contributed by atoms with Gasteiger partial charge in [0, 0.05) is 5.69 Å². The van der Waals surface area contributed by atoms with Crippen molar-refractivity contribution in [2.75, 3.05) is 16.9 Å². The molecule has 3 rings (SSSR count). The third-order valence-electron chi connectivity index (χ3n) is 3.77. The average Bonchev–Trinajstić information content (AvgIpc) is 3.22. The number of anilines is 1. The standard InChI is InChI=1S/C18H21N5O2S/c1-18(2,3)12-6-8-13(9-7-12)20-15(24)11-26-17-22-21-16(23(17)19)14-5-4-10-25-14/h4-10H,11,19H2,1-3H3,(H,20,24). The summed E-state index contributed by atoms with van der Waals surface area (Å²) in [5.41, 5.74) is 2.05. The van der Waals surface area contributed by atoms with E-state index in [-0.39, 0.29) is 17.1 Å². The van der Waals surface area contributed by atoms with Gasteiger partial charge in [0.1, 0.15) is 0 Å². The summed E-state index contributed by atoms with van der Waals surface area (Å²) in [7, 11) is 0. The van der Waals surface area contributed by atoms with Crippen LogP contribution in [0.2, 0.25) is 0 Å². The highest BCUT2D eigenvalue weighted by atomic mass is 32.2. The molecule has 0 radical (unpaired) electrons. The number of carbonyl (C=O) groups excluding carboxylic acids is 1. The lowest BCUT2D eigenvalue weighted by Gasteiger charge is -2.19. The molecule has 1 aromatic carbocycles. The first-order valence-electron chi connectivity index (χ1n) is 8.12. The van der Waals surface area contributed by atoms with E-state index in [1.807, 2.05) is 24.3 Å². The number of hydrogen-bond donors (Lipinski definition) is 2. The van der Waals surface area contributed by atoms with Gasteiger partial charge in [-0.3, -0.25) is 4.79 Å². The van der Waals surface area contributed by atoms with Gasteiger partial charge in [0.15, 0.2) is 5.76 Å². The number of rotatable bonds is 5. The zero-order valence-corrected chi connectivity index (χ0v) is 15.7. The summed E-state index contributed by atoms with van der Waals surface area (Å²) in [4.78, 5) is 12.2. The summed E-state index contributed by atoms with van der Waals surface area (Å²) >= 11 is 1.21. The minimum absolute atomic E-state index is 0.0787. The van der Waals surface area contributed by atoms with Gasteiger partial charge in [-0.2, -0.15) is 0 Å². The number of carbonyl (C=O) groups is 1. The molecule has 0 fully saturated rings. The monoisotopic (exact) mass is 371 g/mol. The second-order valence-corrected chi connectivity index (χ2v) is 7.76. The third kappa shape index (κ3) is 4.08. The fourth-order valence-electron chi connectivity index (χ4n) is 2.33. The SMILES string of the molecule is CC(C)(C)c1ccc(NC(=O)CSc2nnc(-c3ccco3)n2N)cc1. The molecular formula is C18H21N5O2S. The quantitative estimate of drug-likeness (QED) is 0.527. The fraction of sp³-hybridized carbons (Fsp3) is 0.278. The first-order chi connectivity index (χ1) is 12.3. The molecular weight excluding hydrogens is 350 g/mol. The fourth-order valence-corrected chi connectivity index (χ4v) is 2.99. The van der Waals surface area contributed by atoms with E-state index in [4.69, 9.17) is 10.3 Å². The molecule has 0 atom stereocenters. The van der Waals surface area contributed by atoms with Crippen LogP contribution in [0.25, 0.3) is 11.6 Å². The molecule has 0 saturated heterocycles. The molecule has 3 aromatic rings. The topological polar surface area (TPSA) is 99.0 Å². The van der Waals surface area contributed by atoms with Crippen molar-refractivity contribution in [3.63, 3.8) is 0 Å². The number of hydrogen-bond acceptors (Lipinski definition) is 6. The Bertz CT molecular complexity index is 879. The zero-order valence-electron chi connectivity index (χ0n) is 14.9. The van der Waals surface area contributed by atoms with Gasteiger partial charge in [0.2, 0.25) is 16.9 Å². The van der Waals surface area contributed by atoms with Gasteiger partial charge in [0.25, 0.3) is 0 Å². The Morgan fingerprint density at radius 2 is 1.96 bits per heavy atom. The lowest BCUT2D eigenvalue weighted by Crippen LogP contribution is -2.16. The molecule has 0 spiro atoms. The van der Waals surface area contributed by atoms with Crippen molar-refractivity contribution in [2.24, 2.45) is 0 Å². The number of nitrogens with zero attached hydrogens (tertiary/aromatic N) is 3. The van der Waals surface area contributed by atoms with E-state index in [2.05, 4.69) is 36.3 Å². The molecule has 0 aliphatic heterocycles. The summed E-state index contributed by atoms with van der Waals surface area (Å²) in [6, 6.07) is 11.3. The Labute approximate surface area is 156 Å². The maximum absolute atomic E-state index is 12.2. The summed E-state index contributed by atoms with van der Waals surface area (Å²) in [6.07, 6.45) is 1.54. The van der Waals surface area contributed by atoms with E-state index >= 15 is 0 Å². The van der Waals surface area contributed by atoms with Crippen LogP contribution >= 0.6 is 11.8 Å². The highest BCUT2D eigenvalue weighted by molar-refractivity contribution is 7.99. The number of benzene rings is 1. The summed E-state index contributed by atoms with van der Waals surface area (Å²) in [6.45, 7) is 6.45. The minimum atomic E-state index is -0.138. The second kappa shape index (κ2) is 7.25. The summed E-state index contributed by atoms with van der Waals surface area (Å²) in [5, 5.41) is 11.3. The van der Waals surface area contributed by atoms with Gasteiger partial charge in [-0.25, -0.2) is 4.68 Å². The molecule has 2 heterocycles. The Hall–Kier alpha value is -2.74. The van der Waals surface area contributed by atoms with Gasteiger partial charge in [-0.15, -0.1) is 10.2 Å². The number of nitrogens with two attached hydrogens (primary N) is 1. The number of nitrogen functional groups attached to an aromatic ring is 1. The van der Waals surface area contributed by atoms with Crippen LogP contribution in [0.5, 0.6) is 0 Å². The van der Waals surface area contributed by atoms with Crippen LogP contribution in [0, 0.1) is 0 Å². The molecule has 0 aliphatic carbocycles. The zero-order chi connectivity index (χ0) is 18.7. The van der Waals surface area contributed by atoms with Crippen LogP contribution < -0.4 is 11.2 Å². The number of thioether (sulfide) groups is 1. The highest BCUT2D eigenvalue weighted by Gasteiger charge is 2.16. The van der Waals surface area contributed by atoms with Crippen molar-refractivity contribution in [1.29, 1.82) is 0 Å². The van der Waals surface area contributed by atoms with Crippen LogP contribution in [0.15, 0.2) is 52.2 Å². The molecule has 0 bridgehead atoms. The van der Waals surface area contributed by atoms with Gasteiger partial charge < -0.3 is 15.6 Å². The number of nitrogens with one attached hydrogen (secondary N) is 1. The second-order valence-electron chi connectivity index (χ2n) is 6.82. The van der Waals surface area contributed by atoms with Gasteiger partial charge in [-0.1, -0.05) is 44.7 Å². The van der Waals surface area contributed by atoms with Crippen molar-refractivity contribution in [1.82, 2.24) is 14.9 Å². The molecule has 26 heavy (non-hydrogen) atoms. The normalized spacial score (nSPS) is 11.5. The van der Waals surface area contributed by atoms with E-state index in [0.717, 1.165) is 5.69 Å². The molecule has 3 N–H and O–H groups in total. The van der Waals surface area contributed by atoms with Crippen LogP contribution in [0.3, 0.4) is 0 Å². The van der Waals surface area contributed by atoms with Crippen molar-refractivity contribution >= 4 is 23.4 Å². The highest BCUT2D eigenvalue weighted by Crippen LogP contribution is 2.24. The Morgan fingerprint density at radius 1 is 1.23 bits per heavy atom. The minimum Gasteiger partial charge on any atom is -0.461 e. The van der Waals surface area contributed by atoms with Crippen molar-refractivity contribution in [3.05, 3.63) is 48.2 Å². The lowest BCUT2D eigenvalue weighted by molar-refractivity contribution is -0.113. The van der Waals surface area contributed by atoms with E-state index in [9.17, 15) is 4.79 Å². The summed E-state index contributed by atoms with van der Waals surface area (Å²) < 4.78 is 6.57. The largest absolute Gasteiger partial charge is 0.461 e. The maximum Gasteiger partial charge on any atom is 0.234 e. The van der Waals surface area contributed by atoms with Crippen molar-refractivity contribution in [3.8, 4) is 11.6 Å². The Balaban J connectivity index is 1.58. The molecule has 2 aromatic heterocycles. The Kier molecular flexibility index (Phi) is 5.03. The molecule has 1 amide bonds.